The van der Waals surface area contributed by atoms with E-state index in [1.54, 1.807) is 0 Å². The fourth-order valence-corrected chi connectivity index (χ4v) is 2.18. The number of hydrogen-bond donors (Lipinski definition) is 2. The number of nitrogen functional groups attached to an aromatic ring is 1. The van der Waals surface area contributed by atoms with Gasteiger partial charge in [0, 0.05) is 19.3 Å². The van der Waals surface area contributed by atoms with E-state index in [2.05, 4.69) is 9.88 Å². The number of carboxylic acids is 1. The molecule has 1 aromatic rings. The lowest BCUT2D eigenvalue weighted by molar-refractivity contribution is 0.0698. The minimum absolute atomic E-state index is 0.138. The molecule has 1 saturated heterocycles. The molecule has 0 amide bonds. The van der Waals surface area contributed by atoms with Crippen LogP contribution in [0.4, 0.5) is 11.5 Å². The van der Waals surface area contributed by atoms with Crippen molar-refractivity contribution < 1.29 is 9.90 Å². The van der Waals surface area contributed by atoms with Gasteiger partial charge in [-0.25, -0.2) is 9.78 Å². The van der Waals surface area contributed by atoms with Crippen LogP contribution in [-0.4, -0.2) is 29.1 Å². The van der Waals surface area contributed by atoms with Crippen molar-refractivity contribution in [3.8, 4) is 0 Å². The summed E-state index contributed by atoms with van der Waals surface area (Å²) >= 11 is 0. The number of aromatic nitrogens is 1. The summed E-state index contributed by atoms with van der Waals surface area (Å²) in [5.74, 6) is -0.382. The molecule has 1 aromatic heterocycles. The normalized spacial score (nSPS) is 16.6. The highest BCUT2D eigenvalue weighted by Crippen LogP contribution is 2.26. The Morgan fingerprint density at radius 3 is 2.53 bits per heavy atom. The first-order chi connectivity index (χ1) is 8.20. The second-order valence-electron chi connectivity index (χ2n) is 4.30. The van der Waals surface area contributed by atoms with Crippen molar-refractivity contribution in [2.45, 2.75) is 25.7 Å². The molecule has 1 aliphatic rings. The van der Waals surface area contributed by atoms with Gasteiger partial charge in [-0.2, -0.15) is 0 Å². The van der Waals surface area contributed by atoms with Crippen LogP contribution in [0.3, 0.4) is 0 Å². The van der Waals surface area contributed by atoms with Crippen LogP contribution in [0.2, 0.25) is 0 Å². The smallest absolute Gasteiger partial charge is 0.337 e. The molecule has 5 nitrogen and oxygen atoms in total. The number of pyridine rings is 1. The number of carbonyl (C=O) groups is 1. The quantitative estimate of drug-likeness (QED) is 0.816. The van der Waals surface area contributed by atoms with Gasteiger partial charge in [-0.3, -0.25) is 0 Å². The van der Waals surface area contributed by atoms with Crippen LogP contribution in [0.25, 0.3) is 0 Å². The van der Waals surface area contributed by atoms with Gasteiger partial charge in [0.15, 0.2) is 5.82 Å². The van der Waals surface area contributed by atoms with Crippen LogP contribution in [0.5, 0.6) is 0 Å². The fraction of sp³-hybridized carbons (Fsp3) is 0.500. The zero-order chi connectivity index (χ0) is 12.3. The number of nitrogens with zero attached hydrogens (tertiary/aromatic N) is 2. The van der Waals surface area contributed by atoms with Crippen LogP contribution in [-0.2, 0) is 0 Å². The predicted molar refractivity (Wildman–Crippen MR) is 66.3 cm³/mol. The molecule has 0 aromatic carbocycles. The molecule has 1 aliphatic heterocycles. The molecule has 0 aliphatic carbocycles. The third-order valence-electron chi connectivity index (χ3n) is 3.11. The lowest BCUT2D eigenvalue weighted by atomic mass is 10.2. The van der Waals surface area contributed by atoms with Crippen molar-refractivity contribution in [2.75, 3.05) is 23.7 Å². The zero-order valence-electron chi connectivity index (χ0n) is 9.72. The summed E-state index contributed by atoms with van der Waals surface area (Å²) in [6.45, 7) is 1.81. The first-order valence-corrected chi connectivity index (χ1v) is 5.93. The number of rotatable bonds is 2. The molecule has 2 heterocycles. The highest BCUT2D eigenvalue weighted by atomic mass is 16.4. The van der Waals surface area contributed by atoms with Gasteiger partial charge < -0.3 is 15.7 Å². The van der Waals surface area contributed by atoms with E-state index in [0.29, 0.717) is 5.82 Å². The molecule has 0 bridgehead atoms. The van der Waals surface area contributed by atoms with Crippen molar-refractivity contribution in [2.24, 2.45) is 0 Å². The van der Waals surface area contributed by atoms with Crippen LogP contribution in [0.15, 0.2) is 12.3 Å². The van der Waals surface area contributed by atoms with Gasteiger partial charge in [-0.1, -0.05) is 12.8 Å². The third-order valence-corrected chi connectivity index (χ3v) is 3.11. The van der Waals surface area contributed by atoms with E-state index in [1.807, 2.05) is 0 Å². The Balaban J connectivity index is 2.30. The molecule has 92 valence electrons. The monoisotopic (exact) mass is 235 g/mol. The average Bonchev–Trinajstić information content (AvgIpc) is 2.57. The molecule has 2 rings (SSSR count). The first kappa shape index (κ1) is 11.7. The second-order valence-corrected chi connectivity index (χ2v) is 4.30. The molecule has 0 atom stereocenters. The van der Waals surface area contributed by atoms with E-state index in [-0.39, 0.29) is 11.3 Å². The minimum atomic E-state index is -0.999. The van der Waals surface area contributed by atoms with Crippen LogP contribution >= 0.6 is 0 Å². The van der Waals surface area contributed by atoms with E-state index in [4.69, 9.17) is 10.8 Å². The molecular weight excluding hydrogens is 218 g/mol. The average molecular weight is 235 g/mol. The maximum absolute atomic E-state index is 11.0. The molecule has 0 radical (unpaired) electrons. The minimum Gasteiger partial charge on any atom is -0.478 e. The molecule has 5 heteroatoms. The van der Waals surface area contributed by atoms with E-state index in [0.717, 1.165) is 25.9 Å². The van der Waals surface area contributed by atoms with Gasteiger partial charge in [0.1, 0.15) is 0 Å². The highest BCUT2D eigenvalue weighted by molar-refractivity contribution is 5.96. The summed E-state index contributed by atoms with van der Waals surface area (Å²) < 4.78 is 0. The molecule has 17 heavy (non-hydrogen) atoms. The van der Waals surface area contributed by atoms with E-state index in [9.17, 15) is 4.79 Å². The van der Waals surface area contributed by atoms with Crippen molar-refractivity contribution in [1.29, 1.82) is 0 Å². The summed E-state index contributed by atoms with van der Waals surface area (Å²) in [6.07, 6.45) is 6.17. The van der Waals surface area contributed by atoms with E-state index < -0.39 is 5.97 Å². The number of anilines is 2. The van der Waals surface area contributed by atoms with Crippen molar-refractivity contribution in [3.63, 3.8) is 0 Å². The molecule has 1 fully saturated rings. The standard InChI is InChI=1S/C12H17N3O2/c13-10-9(12(16)17)5-6-14-11(10)15-7-3-1-2-4-8-15/h5-6H,1-4,7-8,13H2,(H,16,17). The lowest BCUT2D eigenvalue weighted by Gasteiger charge is -2.23. The van der Waals surface area contributed by atoms with Crippen LogP contribution < -0.4 is 10.6 Å². The van der Waals surface area contributed by atoms with Gasteiger partial charge in [0.2, 0.25) is 0 Å². The number of nitrogens with two attached hydrogens (primary N) is 1. The Bertz CT molecular complexity index is 412. The number of aromatic carboxylic acids is 1. The summed E-state index contributed by atoms with van der Waals surface area (Å²) in [5, 5.41) is 9.02. The van der Waals surface area contributed by atoms with Gasteiger partial charge >= 0.3 is 5.97 Å². The third kappa shape index (κ3) is 2.49. The summed E-state index contributed by atoms with van der Waals surface area (Å²) in [6, 6.07) is 1.44. The highest BCUT2D eigenvalue weighted by Gasteiger charge is 2.18. The molecular formula is C12H17N3O2. The largest absolute Gasteiger partial charge is 0.478 e. The fourth-order valence-electron chi connectivity index (χ4n) is 2.18. The van der Waals surface area contributed by atoms with Crippen molar-refractivity contribution >= 4 is 17.5 Å². The Labute approximate surface area is 100 Å². The molecule has 3 N–H and O–H groups in total. The Hall–Kier alpha value is -1.78. The SMILES string of the molecule is Nc1c(C(=O)O)ccnc1N1CCCCCC1. The molecule has 0 unspecified atom stereocenters. The maximum atomic E-state index is 11.0. The van der Waals surface area contributed by atoms with Gasteiger partial charge in [-0.15, -0.1) is 0 Å². The predicted octanol–water partition coefficient (Wildman–Crippen LogP) is 1.74. The van der Waals surface area contributed by atoms with Crippen LogP contribution in [0, 0.1) is 0 Å². The molecule has 0 saturated carbocycles. The topological polar surface area (TPSA) is 79.5 Å². The Morgan fingerprint density at radius 1 is 1.29 bits per heavy atom. The van der Waals surface area contributed by atoms with Gasteiger partial charge in [0.05, 0.1) is 11.3 Å². The number of carboxylic acid groups (broad SMARTS) is 1. The summed E-state index contributed by atoms with van der Waals surface area (Å²) in [7, 11) is 0. The Kier molecular flexibility index (Phi) is 3.46. The summed E-state index contributed by atoms with van der Waals surface area (Å²) in [5.41, 5.74) is 6.30. The van der Waals surface area contributed by atoms with Crippen LogP contribution in [0.1, 0.15) is 36.0 Å². The zero-order valence-corrected chi connectivity index (χ0v) is 9.72. The van der Waals surface area contributed by atoms with E-state index in [1.165, 1.54) is 25.1 Å². The van der Waals surface area contributed by atoms with Crippen molar-refractivity contribution in [1.82, 2.24) is 4.98 Å². The number of hydrogen-bond acceptors (Lipinski definition) is 4. The van der Waals surface area contributed by atoms with Gasteiger partial charge in [0.25, 0.3) is 0 Å². The second kappa shape index (κ2) is 5.03. The Morgan fingerprint density at radius 2 is 1.94 bits per heavy atom. The van der Waals surface area contributed by atoms with Gasteiger partial charge in [-0.05, 0) is 18.9 Å². The summed E-state index contributed by atoms with van der Waals surface area (Å²) in [4.78, 5) is 17.3. The van der Waals surface area contributed by atoms with Crippen molar-refractivity contribution in [3.05, 3.63) is 17.8 Å². The first-order valence-electron chi connectivity index (χ1n) is 5.93. The lowest BCUT2D eigenvalue weighted by Crippen LogP contribution is -2.26. The van der Waals surface area contributed by atoms with E-state index >= 15 is 0 Å². The molecule has 0 spiro atoms. The maximum Gasteiger partial charge on any atom is 0.337 e.